The molecule has 1 aromatic rings. The molecular weight excluding hydrogens is 310 g/mol. The summed E-state index contributed by atoms with van der Waals surface area (Å²) in [6.07, 6.45) is 0.705. The molecule has 0 aliphatic heterocycles. The third-order valence-corrected chi connectivity index (χ3v) is 3.96. The molecular formula is C15H20ClNO3S. The molecule has 6 heteroatoms. The van der Waals surface area contributed by atoms with Crippen molar-refractivity contribution in [3.05, 3.63) is 28.8 Å². The van der Waals surface area contributed by atoms with Crippen LogP contribution >= 0.6 is 23.4 Å². The van der Waals surface area contributed by atoms with Gasteiger partial charge in [0, 0.05) is 10.7 Å². The number of nitrogens with one attached hydrogen (secondary N) is 1. The van der Waals surface area contributed by atoms with Crippen LogP contribution in [0.3, 0.4) is 0 Å². The Kier molecular flexibility index (Phi) is 7.61. The Morgan fingerprint density at radius 2 is 2.10 bits per heavy atom. The molecule has 0 saturated heterocycles. The zero-order chi connectivity index (χ0) is 15.8. The molecule has 1 aromatic carbocycles. The van der Waals surface area contributed by atoms with Gasteiger partial charge in [-0.3, -0.25) is 9.59 Å². The second kappa shape index (κ2) is 8.95. The average molecular weight is 330 g/mol. The minimum Gasteiger partial charge on any atom is -0.462 e. The summed E-state index contributed by atoms with van der Waals surface area (Å²) in [5.74, 6) is -0.0544. The molecule has 1 amide bonds. The van der Waals surface area contributed by atoms with Crippen LogP contribution in [0, 0.1) is 6.92 Å². The van der Waals surface area contributed by atoms with Gasteiger partial charge in [-0.2, -0.15) is 0 Å². The summed E-state index contributed by atoms with van der Waals surface area (Å²) in [6, 6.07) is 5.27. The summed E-state index contributed by atoms with van der Waals surface area (Å²) >= 11 is 7.09. The molecule has 0 aliphatic rings. The first-order valence-corrected chi connectivity index (χ1v) is 8.28. The van der Waals surface area contributed by atoms with Crippen molar-refractivity contribution in [3.63, 3.8) is 0 Å². The van der Waals surface area contributed by atoms with Crippen LogP contribution in [0.25, 0.3) is 0 Å². The molecule has 1 unspecified atom stereocenters. The summed E-state index contributed by atoms with van der Waals surface area (Å²) < 4.78 is 5.13. The van der Waals surface area contributed by atoms with Crippen molar-refractivity contribution in [2.24, 2.45) is 0 Å². The van der Waals surface area contributed by atoms with Crippen LogP contribution in [0.4, 0.5) is 5.69 Å². The van der Waals surface area contributed by atoms with Crippen LogP contribution in [0.2, 0.25) is 5.02 Å². The SMILES string of the molecule is CCC(C)OC(=O)CSCC(=O)Nc1ccc(Cl)cc1C. The van der Waals surface area contributed by atoms with Gasteiger partial charge in [-0.05, 0) is 44.0 Å². The average Bonchev–Trinajstić information content (AvgIpc) is 2.41. The predicted octanol–water partition coefficient (Wildman–Crippen LogP) is 3.66. The predicted molar refractivity (Wildman–Crippen MR) is 88.0 cm³/mol. The van der Waals surface area contributed by atoms with Crippen LogP contribution in [0.15, 0.2) is 18.2 Å². The van der Waals surface area contributed by atoms with Gasteiger partial charge in [-0.15, -0.1) is 11.8 Å². The zero-order valence-electron chi connectivity index (χ0n) is 12.4. The molecule has 0 aliphatic carbocycles. The topological polar surface area (TPSA) is 55.4 Å². The van der Waals surface area contributed by atoms with Gasteiger partial charge in [0.1, 0.15) is 0 Å². The molecule has 1 rings (SSSR count). The number of halogens is 1. The first kappa shape index (κ1) is 17.9. The Bertz CT molecular complexity index is 508. The highest BCUT2D eigenvalue weighted by molar-refractivity contribution is 8.00. The van der Waals surface area contributed by atoms with Gasteiger partial charge in [0.25, 0.3) is 0 Å². The Morgan fingerprint density at radius 3 is 2.71 bits per heavy atom. The van der Waals surface area contributed by atoms with E-state index in [1.54, 1.807) is 18.2 Å². The molecule has 21 heavy (non-hydrogen) atoms. The van der Waals surface area contributed by atoms with Crippen molar-refractivity contribution in [2.45, 2.75) is 33.3 Å². The molecule has 0 spiro atoms. The molecule has 0 bridgehead atoms. The maximum atomic E-state index is 11.8. The summed E-state index contributed by atoms with van der Waals surface area (Å²) in [7, 11) is 0. The summed E-state index contributed by atoms with van der Waals surface area (Å²) in [5.41, 5.74) is 1.63. The highest BCUT2D eigenvalue weighted by atomic mass is 35.5. The van der Waals surface area contributed by atoms with Crippen LogP contribution < -0.4 is 5.32 Å². The molecule has 1 N–H and O–H groups in total. The fraction of sp³-hybridized carbons (Fsp3) is 0.467. The number of benzene rings is 1. The van der Waals surface area contributed by atoms with Crippen LogP contribution in [0.1, 0.15) is 25.8 Å². The van der Waals surface area contributed by atoms with E-state index in [4.69, 9.17) is 16.3 Å². The van der Waals surface area contributed by atoms with Gasteiger partial charge in [0.05, 0.1) is 17.6 Å². The van der Waals surface area contributed by atoms with Crippen molar-refractivity contribution < 1.29 is 14.3 Å². The Labute approximate surface area is 134 Å². The molecule has 0 saturated carbocycles. The van der Waals surface area contributed by atoms with Crippen molar-refractivity contribution >= 4 is 40.9 Å². The number of carbonyl (C=O) groups is 2. The Hall–Kier alpha value is -1.20. The van der Waals surface area contributed by atoms with E-state index in [0.29, 0.717) is 5.02 Å². The number of esters is 1. The molecule has 0 fully saturated rings. The Morgan fingerprint density at radius 1 is 1.38 bits per heavy atom. The fourth-order valence-corrected chi connectivity index (χ4v) is 2.34. The molecule has 1 atom stereocenters. The van der Waals surface area contributed by atoms with Crippen molar-refractivity contribution in [1.29, 1.82) is 0 Å². The number of aryl methyl sites for hydroxylation is 1. The van der Waals surface area contributed by atoms with Crippen molar-refractivity contribution in [2.75, 3.05) is 16.8 Å². The van der Waals surface area contributed by atoms with Gasteiger partial charge < -0.3 is 10.1 Å². The summed E-state index contributed by atoms with van der Waals surface area (Å²) in [5, 5.41) is 3.42. The van der Waals surface area contributed by atoms with E-state index in [1.807, 2.05) is 20.8 Å². The van der Waals surface area contributed by atoms with Crippen LogP contribution in [-0.4, -0.2) is 29.5 Å². The highest BCUT2D eigenvalue weighted by Crippen LogP contribution is 2.19. The number of hydrogen-bond acceptors (Lipinski definition) is 4. The number of anilines is 1. The number of hydrogen-bond donors (Lipinski definition) is 1. The number of ether oxygens (including phenoxy) is 1. The van der Waals surface area contributed by atoms with E-state index in [-0.39, 0.29) is 29.5 Å². The summed E-state index contributed by atoms with van der Waals surface area (Å²) in [6.45, 7) is 5.67. The molecule has 4 nitrogen and oxygen atoms in total. The van der Waals surface area contributed by atoms with E-state index in [9.17, 15) is 9.59 Å². The Balaban J connectivity index is 2.33. The summed E-state index contributed by atoms with van der Waals surface area (Å²) in [4.78, 5) is 23.2. The third-order valence-electron chi connectivity index (χ3n) is 2.82. The number of amides is 1. The third kappa shape index (κ3) is 6.87. The minimum absolute atomic E-state index is 0.0800. The molecule has 0 aromatic heterocycles. The smallest absolute Gasteiger partial charge is 0.316 e. The van der Waals surface area contributed by atoms with Gasteiger partial charge >= 0.3 is 5.97 Å². The lowest BCUT2D eigenvalue weighted by Gasteiger charge is -2.11. The quantitative estimate of drug-likeness (QED) is 0.776. The van der Waals surface area contributed by atoms with Gasteiger partial charge in [0.2, 0.25) is 5.91 Å². The first-order valence-electron chi connectivity index (χ1n) is 6.75. The lowest BCUT2D eigenvalue weighted by molar-refractivity contribution is -0.144. The second-order valence-electron chi connectivity index (χ2n) is 4.71. The van der Waals surface area contributed by atoms with Crippen molar-refractivity contribution in [3.8, 4) is 0 Å². The minimum atomic E-state index is -0.287. The van der Waals surface area contributed by atoms with Gasteiger partial charge in [0.15, 0.2) is 0 Å². The zero-order valence-corrected chi connectivity index (χ0v) is 14.0. The molecule has 0 heterocycles. The van der Waals surface area contributed by atoms with E-state index in [1.165, 1.54) is 11.8 Å². The molecule has 0 radical (unpaired) electrons. The van der Waals surface area contributed by atoms with E-state index >= 15 is 0 Å². The van der Waals surface area contributed by atoms with E-state index in [0.717, 1.165) is 17.7 Å². The largest absolute Gasteiger partial charge is 0.462 e. The number of rotatable bonds is 7. The van der Waals surface area contributed by atoms with Gasteiger partial charge in [-0.25, -0.2) is 0 Å². The van der Waals surface area contributed by atoms with E-state index < -0.39 is 0 Å². The molecule has 116 valence electrons. The van der Waals surface area contributed by atoms with Crippen molar-refractivity contribution in [1.82, 2.24) is 0 Å². The lowest BCUT2D eigenvalue weighted by atomic mass is 10.2. The normalized spacial score (nSPS) is 11.8. The monoisotopic (exact) mass is 329 g/mol. The standard InChI is InChI=1S/C15H20ClNO3S/c1-4-11(3)20-15(19)9-21-8-14(18)17-13-6-5-12(16)7-10(13)2/h5-7,11H,4,8-9H2,1-3H3,(H,17,18). The number of thioether (sulfide) groups is 1. The van der Waals surface area contributed by atoms with Crippen LogP contribution in [0.5, 0.6) is 0 Å². The highest BCUT2D eigenvalue weighted by Gasteiger charge is 2.10. The maximum absolute atomic E-state index is 11.8. The van der Waals surface area contributed by atoms with E-state index in [2.05, 4.69) is 5.32 Å². The lowest BCUT2D eigenvalue weighted by Crippen LogP contribution is -2.19. The van der Waals surface area contributed by atoms with Gasteiger partial charge in [-0.1, -0.05) is 18.5 Å². The fourth-order valence-electron chi connectivity index (χ4n) is 1.52. The second-order valence-corrected chi connectivity index (χ2v) is 6.13. The maximum Gasteiger partial charge on any atom is 0.316 e. The number of carbonyl (C=O) groups excluding carboxylic acids is 2. The first-order chi connectivity index (χ1) is 9.92. The van der Waals surface area contributed by atoms with Crippen LogP contribution in [-0.2, 0) is 14.3 Å².